The number of aryl methyl sites for hydroxylation is 2. The Kier molecular flexibility index (Phi) is 2.28. The molecule has 0 atom stereocenters. The quantitative estimate of drug-likeness (QED) is 0.842. The molecule has 1 aromatic heterocycles. The molecule has 102 valence electrons. The summed E-state index contributed by atoms with van der Waals surface area (Å²) in [7, 11) is 0. The van der Waals surface area contributed by atoms with Gasteiger partial charge < -0.3 is 4.98 Å². The zero-order chi connectivity index (χ0) is 13.2. The average Bonchev–Trinajstić information content (AvgIpc) is 2.24. The molecule has 4 saturated carbocycles. The lowest BCUT2D eigenvalue weighted by Crippen LogP contribution is -2.51. The Balaban J connectivity index is 1.86. The van der Waals surface area contributed by atoms with Gasteiger partial charge in [-0.05, 0) is 70.1 Å². The second kappa shape index (κ2) is 3.71. The molecule has 3 heteroatoms. The summed E-state index contributed by atoms with van der Waals surface area (Å²) in [6.45, 7) is 3.90. The third kappa shape index (κ3) is 1.63. The molecular formula is C16H22N2O. The summed E-state index contributed by atoms with van der Waals surface area (Å²) in [4.78, 5) is 20.0. The minimum atomic E-state index is 0.131. The lowest BCUT2D eigenvalue weighted by atomic mass is 9.48. The molecule has 4 bridgehead atoms. The highest BCUT2D eigenvalue weighted by Crippen LogP contribution is 2.60. The van der Waals surface area contributed by atoms with E-state index in [1.54, 1.807) is 0 Å². The molecule has 1 N–H and O–H groups in total. The first-order valence-electron chi connectivity index (χ1n) is 7.64. The van der Waals surface area contributed by atoms with Crippen molar-refractivity contribution < 1.29 is 0 Å². The van der Waals surface area contributed by atoms with Crippen LogP contribution in [-0.4, -0.2) is 9.97 Å². The molecule has 0 amide bonds. The van der Waals surface area contributed by atoms with Crippen LogP contribution in [0.5, 0.6) is 0 Å². The molecule has 4 aliphatic rings. The summed E-state index contributed by atoms with van der Waals surface area (Å²) < 4.78 is 0. The van der Waals surface area contributed by atoms with Crippen molar-refractivity contribution >= 4 is 0 Å². The number of nitrogens with zero attached hydrogens (tertiary/aromatic N) is 1. The van der Waals surface area contributed by atoms with Crippen LogP contribution in [0.1, 0.15) is 55.6 Å². The fraction of sp³-hybridized carbons (Fsp3) is 0.750. The van der Waals surface area contributed by atoms with E-state index in [-0.39, 0.29) is 11.0 Å². The minimum Gasteiger partial charge on any atom is -0.311 e. The monoisotopic (exact) mass is 258 g/mol. The topological polar surface area (TPSA) is 45.8 Å². The summed E-state index contributed by atoms with van der Waals surface area (Å²) in [5.74, 6) is 3.35. The van der Waals surface area contributed by atoms with Crippen LogP contribution in [0.25, 0.3) is 0 Å². The molecule has 0 radical (unpaired) electrons. The zero-order valence-corrected chi connectivity index (χ0v) is 11.8. The molecule has 19 heavy (non-hydrogen) atoms. The number of H-pyrrole nitrogens is 1. The smallest absolute Gasteiger partial charge is 0.254 e. The second-order valence-corrected chi connectivity index (χ2v) is 7.31. The van der Waals surface area contributed by atoms with Crippen molar-refractivity contribution in [3.05, 3.63) is 27.4 Å². The van der Waals surface area contributed by atoms with E-state index in [1.165, 1.54) is 38.5 Å². The number of aromatic amines is 1. The first-order chi connectivity index (χ1) is 9.06. The molecule has 1 aromatic rings. The maximum Gasteiger partial charge on any atom is 0.254 e. The normalized spacial score (nSPS) is 39.8. The van der Waals surface area contributed by atoms with Crippen molar-refractivity contribution in [3.63, 3.8) is 0 Å². The highest BCUT2D eigenvalue weighted by molar-refractivity contribution is 5.30. The minimum absolute atomic E-state index is 0.131. The Bertz CT molecular complexity index is 552. The molecule has 0 aromatic carbocycles. The standard InChI is InChI=1S/C16H22N2O/c1-9-14(15(19)18-10(2)17-9)16-6-11-3-12(7-16)5-13(4-11)8-16/h11-13H,3-8H2,1-2H3,(H,17,18,19). The van der Waals surface area contributed by atoms with Crippen LogP contribution in [0, 0.1) is 31.6 Å². The van der Waals surface area contributed by atoms with Crippen molar-refractivity contribution in [1.29, 1.82) is 0 Å². The van der Waals surface area contributed by atoms with Crippen LogP contribution in [0.15, 0.2) is 4.79 Å². The predicted octanol–water partition coefficient (Wildman–Crippen LogP) is 2.85. The van der Waals surface area contributed by atoms with Crippen LogP contribution in [0.3, 0.4) is 0 Å². The highest BCUT2D eigenvalue weighted by atomic mass is 16.1. The summed E-state index contributed by atoms with van der Waals surface area (Å²) in [5.41, 5.74) is 2.29. The zero-order valence-electron chi connectivity index (χ0n) is 11.8. The van der Waals surface area contributed by atoms with E-state index in [4.69, 9.17) is 0 Å². The van der Waals surface area contributed by atoms with Gasteiger partial charge in [-0.15, -0.1) is 0 Å². The number of nitrogens with one attached hydrogen (secondary N) is 1. The molecule has 0 aliphatic heterocycles. The van der Waals surface area contributed by atoms with Gasteiger partial charge in [0.05, 0.1) is 0 Å². The van der Waals surface area contributed by atoms with Gasteiger partial charge in [-0.2, -0.15) is 0 Å². The lowest BCUT2D eigenvalue weighted by molar-refractivity contribution is -0.00633. The van der Waals surface area contributed by atoms with Gasteiger partial charge in [0.2, 0.25) is 0 Å². The summed E-state index contributed by atoms with van der Waals surface area (Å²) >= 11 is 0. The van der Waals surface area contributed by atoms with Crippen LogP contribution >= 0.6 is 0 Å². The first kappa shape index (κ1) is 11.7. The Morgan fingerprint density at radius 1 is 1.05 bits per heavy atom. The van der Waals surface area contributed by atoms with Gasteiger partial charge in [0.15, 0.2) is 0 Å². The molecule has 4 aliphatic carbocycles. The Morgan fingerprint density at radius 3 is 2.05 bits per heavy atom. The molecule has 1 heterocycles. The Hall–Kier alpha value is -1.12. The molecule has 4 fully saturated rings. The maximum absolute atomic E-state index is 12.5. The van der Waals surface area contributed by atoms with E-state index in [0.29, 0.717) is 0 Å². The Labute approximate surface area is 113 Å². The van der Waals surface area contributed by atoms with Gasteiger partial charge in [0.25, 0.3) is 5.56 Å². The second-order valence-electron chi connectivity index (χ2n) is 7.31. The van der Waals surface area contributed by atoms with Crippen LogP contribution in [0.4, 0.5) is 0 Å². The van der Waals surface area contributed by atoms with Crippen LogP contribution < -0.4 is 5.56 Å². The number of hydrogen-bond donors (Lipinski definition) is 1. The predicted molar refractivity (Wildman–Crippen MR) is 74.2 cm³/mol. The van der Waals surface area contributed by atoms with E-state index in [1.807, 2.05) is 13.8 Å². The maximum atomic E-state index is 12.5. The van der Waals surface area contributed by atoms with Gasteiger partial charge in [-0.3, -0.25) is 4.79 Å². The van der Waals surface area contributed by atoms with Crippen LogP contribution in [0.2, 0.25) is 0 Å². The van der Waals surface area contributed by atoms with E-state index in [9.17, 15) is 4.79 Å². The van der Waals surface area contributed by atoms with Gasteiger partial charge in [0, 0.05) is 16.7 Å². The summed E-state index contributed by atoms with van der Waals surface area (Å²) in [5, 5.41) is 0. The number of aromatic nitrogens is 2. The fourth-order valence-electron chi connectivity index (χ4n) is 5.77. The van der Waals surface area contributed by atoms with E-state index < -0.39 is 0 Å². The molecular weight excluding hydrogens is 236 g/mol. The van der Waals surface area contributed by atoms with Gasteiger partial charge >= 0.3 is 0 Å². The third-order valence-corrected chi connectivity index (χ3v) is 5.79. The first-order valence-corrected chi connectivity index (χ1v) is 7.64. The number of rotatable bonds is 1. The highest BCUT2D eigenvalue weighted by Gasteiger charge is 2.53. The largest absolute Gasteiger partial charge is 0.311 e. The molecule has 5 rings (SSSR count). The molecule has 0 saturated heterocycles. The SMILES string of the molecule is Cc1nc(C)c(C23CC4CC(CC(C4)C2)C3)c(=O)[nH]1. The molecule has 3 nitrogen and oxygen atoms in total. The average molecular weight is 258 g/mol. The Morgan fingerprint density at radius 2 is 1.58 bits per heavy atom. The van der Waals surface area contributed by atoms with E-state index in [0.717, 1.165) is 34.8 Å². The third-order valence-electron chi connectivity index (χ3n) is 5.79. The fourth-order valence-corrected chi connectivity index (χ4v) is 5.77. The van der Waals surface area contributed by atoms with Crippen molar-refractivity contribution in [3.8, 4) is 0 Å². The molecule has 0 unspecified atom stereocenters. The van der Waals surface area contributed by atoms with Crippen molar-refractivity contribution in [2.45, 2.75) is 57.8 Å². The molecule has 0 spiro atoms. The van der Waals surface area contributed by atoms with Gasteiger partial charge in [0.1, 0.15) is 5.82 Å². The van der Waals surface area contributed by atoms with Crippen LogP contribution in [-0.2, 0) is 5.41 Å². The van der Waals surface area contributed by atoms with E-state index >= 15 is 0 Å². The van der Waals surface area contributed by atoms with Gasteiger partial charge in [-0.25, -0.2) is 4.98 Å². The van der Waals surface area contributed by atoms with Gasteiger partial charge in [-0.1, -0.05) is 0 Å². The summed E-state index contributed by atoms with van der Waals surface area (Å²) in [6.07, 6.45) is 7.93. The van der Waals surface area contributed by atoms with Crippen molar-refractivity contribution in [2.75, 3.05) is 0 Å². The van der Waals surface area contributed by atoms with Crippen molar-refractivity contribution in [2.24, 2.45) is 17.8 Å². The van der Waals surface area contributed by atoms with Crippen molar-refractivity contribution in [1.82, 2.24) is 9.97 Å². The summed E-state index contributed by atoms with van der Waals surface area (Å²) in [6, 6.07) is 0. The lowest BCUT2D eigenvalue weighted by Gasteiger charge is -2.56. The number of hydrogen-bond acceptors (Lipinski definition) is 2. The van der Waals surface area contributed by atoms with E-state index in [2.05, 4.69) is 9.97 Å².